The summed E-state index contributed by atoms with van der Waals surface area (Å²) >= 11 is 0. The second-order valence-electron chi connectivity index (χ2n) is 8.80. The van der Waals surface area contributed by atoms with Crippen molar-refractivity contribution in [2.24, 2.45) is 10.8 Å². The maximum atomic E-state index is 14.6. The predicted octanol–water partition coefficient (Wildman–Crippen LogP) is 6.04. The van der Waals surface area contributed by atoms with Crippen LogP contribution in [0.1, 0.15) is 39.2 Å². The van der Waals surface area contributed by atoms with Gasteiger partial charge < -0.3 is 4.85 Å². The van der Waals surface area contributed by atoms with Crippen LogP contribution in [0.5, 0.6) is 0 Å². The summed E-state index contributed by atoms with van der Waals surface area (Å²) in [5, 5.41) is 0. The zero-order valence-corrected chi connectivity index (χ0v) is 16.6. The Balaban J connectivity index is 1.67. The van der Waals surface area contributed by atoms with E-state index < -0.39 is 0 Å². The molecule has 3 heteroatoms. The number of likely N-dealkylation sites (tertiary alicyclic amines) is 1. The number of hydrogen-bond donors (Lipinski definition) is 0. The highest BCUT2D eigenvalue weighted by molar-refractivity contribution is 5.64. The number of nitrogens with zero attached hydrogens (tertiary/aromatic N) is 2. The van der Waals surface area contributed by atoms with Crippen LogP contribution in [0.4, 0.5) is 4.39 Å². The van der Waals surface area contributed by atoms with Gasteiger partial charge in [-0.15, -0.1) is 0 Å². The van der Waals surface area contributed by atoms with Crippen molar-refractivity contribution in [1.29, 1.82) is 0 Å². The highest BCUT2D eigenvalue weighted by atomic mass is 19.1. The highest BCUT2D eigenvalue weighted by Gasteiger charge is 2.46. The molecule has 1 aliphatic heterocycles. The van der Waals surface area contributed by atoms with Crippen molar-refractivity contribution in [1.82, 2.24) is 4.90 Å². The molecule has 0 unspecified atom stereocenters. The van der Waals surface area contributed by atoms with Gasteiger partial charge in [0.05, 0.1) is 0 Å². The van der Waals surface area contributed by atoms with Crippen LogP contribution in [-0.4, -0.2) is 24.5 Å². The Morgan fingerprint density at radius 2 is 1.74 bits per heavy atom. The Morgan fingerprint density at radius 1 is 1.07 bits per heavy atom. The quantitative estimate of drug-likeness (QED) is 0.600. The normalized spacial score (nSPS) is 17.4. The van der Waals surface area contributed by atoms with Gasteiger partial charge in [0.1, 0.15) is 5.82 Å². The lowest BCUT2D eigenvalue weighted by Gasteiger charge is -2.46. The van der Waals surface area contributed by atoms with Gasteiger partial charge in [0.2, 0.25) is 6.54 Å². The van der Waals surface area contributed by atoms with Crippen LogP contribution in [0.15, 0.2) is 48.5 Å². The molecule has 3 rings (SSSR count). The van der Waals surface area contributed by atoms with Gasteiger partial charge in [0, 0.05) is 17.5 Å². The topological polar surface area (TPSA) is 7.60 Å². The van der Waals surface area contributed by atoms with Crippen LogP contribution >= 0.6 is 0 Å². The van der Waals surface area contributed by atoms with Crippen LogP contribution in [0.2, 0.25) is 0 Å². The summed E-state index contributed by atoms with van der Waals surface area (Å²) in [5.74, 6) is -0.159. The summed E-state index contributed by atoms with van der Waals surface area (Å²) in [7, 11) is 0. The maximum Gasteiger partial charge on any atom is 0.220 e. The third kappa shape index (κ3) is 4.22. The molecule has 0 spiro atoms. The summed E-state index contributed by atoms with van der Waals surface area (Å²) < 4.78 is 14.6. The molecule has 0 bridgehead atoms. The predicted molar refractivity (Wildman–Crippen MR) is 110 cm³/mol. The molecule has 0 radical (unpaired) electrons. The van der Waals surface area contributed by atoms with Gasteiger partial charge in [-0.05, 0) is 48.5 Å². The smallest absolute Gasteiger partial charge is 0.220 e. The van der Waals surface area contributed by atoms with E-state index in [2.05, 4.69) is 30.5 Å². The number of benzene rings is 2. The molecule has 2 aromatic rings. The van der Waals surface area contributed by atoms with E-state index in [1.807, 2.05) is 42.5 Å². The first-order valence-corrected chi connectivity index (χ1v) is 9.74. The average molecular weight is 365 g/mol. The minimum Gasteiger partial charge on any atom is -0.316 e. The minimum absolute atomic E-state index is 0.0909. The van der Waals surface area contributed by atoms with Gasteiger partial charge >= 0.3 is 0 Å². The summed E-state index contributed by atoms with van der Waals surface area (Å²) in [6.45, 7) is 17.4. The second kappa shape index (κ2) is 7.82. The molecule has 1 saturated heterocycles. The van der Waals surface area contributed by atoms with E-state index in [1.54, 1.807) is 6.07 Å². The average Bonchev–Trinajstić information content (AvgIpc) is 2.63. The van der Waals surface area contributed by atoms with E-state index in [-0.39, 0.29) is 16.6 Å². The molecule has 0 amide bonds. The lowest BCUT2D eigenvalue weighted by molar-refractivity contribution is 0.0173. The van der Waals surface area contributed by atoms with Gasteiger partial charge in [0.15, 0.2) is 0 Å². The van der Waals surface area contributed by atoms with E-state index in [4.69, 9.17) is 6.57 Å². The fraction of sp³-hybridized carbons (Fsp3) is 0.458. The Labute approximate surface area is 162 Å². The molecule has 1 aliphatic rings. The van der Waals surface area contributed by atoms with E-state index >= 15 is 0 Å². The molecule has 0 aliphatic carbocycles. The molecule has 0 N–H and O–H groups in total. The number of rotatable bonds is 4. The van der Waals surface area contributed by atoms with Crippen LogP contribution in [0, 0.1) is 23.2 Å². The zero-order chi connectivity index (χ0) is 19.5. The minimum atomic E-state index is -0.159. The Kier molecular flexibility index (Phi) is 5.67. The van der Waals surface area contributed by atoms with E-state index in [0.29, 0.717) is 12.1 Å². The molecule has 1 fully saturated rings. The number of piperidine rings is 1. The molecule has 1 heterocycles. The van der Waals surface area contributed by atoms with Crippen molar-refractivity contribution in [3.05, 3.63) is 71.3 Å². The van der Waals surface area contributed by atoms with E-state index in [0.717, 1.165) is 43.6 Å². The summed E-state index contributed by atoms with van der Waals surface area (Å²) in [6, 6.07) is 15.3. The zero-order valence-electron chi connectivity index (χ0n) is 16.6. The van der Waals surface area contributed by atoms with Crippen LogP contribution in [-0.2, 0) is 6.54 Å². The lowest BCUT2D eigenvalue weighted by Crippen LogP contribution is -2.47. The molecule has 142 valence electrons. The fourth-order valence-electron chi connectivity index (χ4n) is 4.20. The SMILES string of the molecule is [C-]#[N+]CC1(C(C)(C)C)CCN(Cc2ccc(-c3ccccc3)c(F)c2)CC1. The first kappa shape index (κ1) is 19.6. The Hall–Kier alpha value is -2.18. The lowest BCUT2D eigenvalue weighted by atomic mass is 9.61. The third-order valence-corrected chi connectivity index (χ3v) is 6.31. The van der Waals surface area contributed by atoms with Crippen molar-refractivity contribution in [3.63, 3.8) is 0 Å². The highest BCUT2D eigenvalue weighted by Crippen LogP contribution is 2.47. The molecular weight excluding hydrogens is 335 g/mol. The molecule has 0 saturated carbocycles. The van der Waals surface area contributed by atoms with Crippen molar-refractivity contribution in [2.45, 2.75) is 40.2 Å². The van der Waals surface area contributed by atoms with Gasteiger partial charge in [0.25, 0.3) is 0 Å². The maximum absolute atomic E-state index is 14.6. The molecule has 0 atom stereocenters. The van der Waals surface area contributed by atoms with Gasteiger partial charge in [-0.3, -0.25) is 4.90 Å². The second-order valence-corrected chi connectivity index (χ2v) is 8.80. The number of halogens is 1. The van der Waals surface area contributed by atoms with Crippen LogP contribution < -0.4 is 0 Å². The first-order chi connectivity index (χ1) is 12.8. The Morgan fingerprint density at radius 3 is 2.30 bits per heavy atom. The summed E-state index contributed by atoms with van der Waals surface area (Å²) in [5.41, 5.74) is 2.80. The van der Waals surface area contributed by atoms with Crippen molar-refractivity contribution < 1.29 is 4.39 Å². The van der Waals surface area contributed by atoms with Gasteiger partial charge in [-0.25, -0.2) is 11.0 Å². The van der Waals surface area contributed by atoms with Crippen LogP contribution in [0.25, 0.3) is 16.0 Å². The molecule has 27 heavy (non-hydrogen) atoms. The first-order valence-electron chi connectivity index (χ1n) is 9.74. The molecule has 2 nitrogen and oxygen atoms in total. The number of hydrogen-bond acceptors (Lipinski definition) is 1. The third-order valence-electron chi connectivity index (χ3n) is 6.31. The van der Waals surface area contributed by atoms with Crippen LogP contribution in [0.3, 0.4) is 0 Å². The summed E-state index contributed by atoms with van der Waals surface area (Å²) in [4.78, 5) is 6.13. The molecule has 2 aromatic carbocycles. The van der Waals surface area contributed by atoms with E-state index in [9.17, 15) is 4.39 Å². The molecule has 0 aromatic heterocycles. The largest absolute Gasteiger partial charge is 0.316 e. The molecular formula is C24H29FN2. The standard InChI is InChI=1S/C24H29FN2/c1-23(2,3)24(18-26-4)12-14-27(15-13-24)17-19-10-11-21(22(25)16-19)20-8-6-5-7-9-20/h5-11,16H,12-15,17-18H2,1-3H3. The van der Waals surface area contributed by atoms with Gasteiger partial charge in [-0.2, -0.15) is 0 Å². The monoisotopic (exact) mass is 364 g/mol. The van der Waals surface area contributed by atoms with Gasteiger partial charge in [-0.1, -0.05) is 63.2 Å². The van der Waals surface area contributed by atoms with Crippen molar-refractivity contribution >= 4 is 0 Å². The van der Waals surface area contributed by atoms with Crippen molar-refractivity contribution in [3.8, 4) is 11.1 Å². The summed E-state index contributed by atoms with van der Waals surface area (Å²) in [6.07, 6.45) is 2.06. The van der Waals surface area contributed by atoms with Crippen molar-refractivity contribution in [2.75, 3.05) is 19.6 Å². The van der Waals surface area contributed by atoms with E-state index in [1.165, 1.54) is 0 Å². The Bertz CT molecular complexity index is 807. The fourth-order valence-corrected chi connectivity index (χ4v) is 4.20.